The molecule has 1 saturated carbocycles. The molecule has 5 rings (SSSR count). The van der Waals surface area contributed by atoms with E-state index in [1.807, 2.05) is 30.3 Å². The molecule has 31 heavy (non-hydrogen) atoms. The van der Waals surface area contributed by atoms with Gasteiger partial charge in [0, 0.05) is 19.4 Å². The zero-order chi connectivity index (χ0) is 22.0. The number of carbonyl (C=O) groups is 2. The SMILES string of the molecule is CC12OC(CCO)(C[C@@H]1O)[C@H]1C(=O)C(CCc3ccc(C#N)c4ccccc34)C(=O)C12. The molecule has 6 nitrogen and oxygen atoms in total. The molecule has 2 heterocycles. The summed E-state index contributed by atoms with van der Waals surface area (Å²) in [7, 11) is 0. The smallest absolute Gasteiger partial charge is 0.150 e. The summed E-state index contributed by atoms with van der Waals surface area (Å²) in [5.41, 5.74) is -0.412. The molecule has 1 aliphatic carbocycles. The lowest BCUT2D eigenvalue weighted by Crippen LogP contribution is -2.49. The van der Waals surface area contributed by atoms with Crippen molar-refractivity contribution in [2.75, 3.05) is 6.61 Å². The zero-order valence-corrected chi connectivity index (χ0v) is 17.4. The molecule has 0 aromatic heterocycles. The Morgan fingerprint density at radius 3 is 2.55 bits per heavy atom. The van der Waals surface area contributed by atoms with E-state index in [2.05, 4.69) is 6.07 Å². The molecule has 2 N–H and O–H groups in total. The van der Waals surface area contributed by atoms with E-state index in [0.717, 1.165) is 16.3 Å². The van der Waals surface area contributed by atoms with Gasteiger partial charge in [-0.1, -0.05) is 30.3 Å². The number of aliphatic hydroxyl groups excluding tert-OH is 2. The Bertz CT molecular complexity index is 1140. The third-order valence-corrected chi connectivity index (χ3v) is 7.81. The van der Waals surface area contributed by atoms with Crippen molar-refractivity contribution < 1.29 is 24.5 Å². The summed E-state index contributed by atoms with van der Waals surface area (Å²) in [6, 6.07) is 13.6. The van der Waals surface area contributed by atoms with Crippen LogP contribution in [0.2, 0.25) is 0 Å². The van der Waals surface area contributed by atoms with Crippen molar-refractivity contribution in [3.63, 3.8) is 0 Å². The maximum absolute atomic E-state index is 13.4. The number of nitriles is 1. The van der Waals surface area contributed by atoms with Crippen LogP contribution in [0.4, 0.5) is 0 Å². The average molecular weight is 419 g/mol. The quantitative estimate of drug-likeness (QED) is 0.720. The Kier molecular flexibility index (Phi) is 4.56. The highest BCUT2D eigenvalue weighted by Crippen LogP contribution is 2.63. The molecule has 2 aliphatic heterocycles. The fourth-order valence-electron chi connectivity index (χ4n) is 6.38. The number of benzene rings is 2. The lowest BCUT2D eigenvalue weighted by molar-refractivity contribution is -0.139. The lowest BCUT2D eigenvalue weighted by atomic mass is 9.66. The average Bonchev–Trinajstić information content (AvgIpc) is 3.28. The normalized spacial score (nSPS) is 36.2. The fourth-order valence-corrected chi connectivity index (χ4v) is 6.38. The first kappa shape index (κ1) is 20.3. The summed E-state index contributed by atoms with van der Waals surface area (Å²) < 4.78 is 6.12. The molecule has 2 aromatic rings. The Labute approximate surface area is 180 Å². The number of aryl methyl sites for hydroxylation is 1. The van der Waals surface area contributed by atoms with Crippen LogP contribution < -0.4 is 0 Å². The van der Waals surface area contributed by atoms with Gasteiger partial charge in [-0.15, -0.1) is 0 Å². The van der Waals surface area contributed by atoms with Crippen molar-refractivity contribution in [1.29, 1.82) is 5.26 Å². The second-order valence-electron chi connectivity index (χ2n) is 9.33. The Balaban J connectivity index is 1.44. The van der Waals surface area contributed by atoms with Crippen molar-refractivity contribution in [3.8, 4) is 6.07 Å². The second-order valence-corrected chi connectivity index (χ2v) is 9.33. The highest BCUT2D eigenvalue weighted by molar-refractivity contribution is 6.13. The maximum atomic E-state index is 13.4. The van der Waals surface area contributed by atoms with E-state index < -0.39 is 35.1 Å². The van der Waals surface area contributed by atoms with Crippen LogP contribution in [0.3, 0.4) is 0 Å². The van der Waals surface area contributed by atoms with Gasteiger partial charge in [-0.05, 0) is 42.2 Å². The Morgan fingerprint density at radius 2 is 1.84 bits per heavy atom. The van der Waals surface area contributed by atoms with Gasteiger partial charge in [-0.3, -0.25) is 9.59 Å². The van der Waals surface area contributed by atoms with Gasteiger partial charge in [-0.25, -0.2) is 0 Å². The molecule has 4 unspecified atom stereocenters. The van der Waals surface area contributed by atoms with Gasteiger partial charge in [0.15, 0.2) is 0 Å². The predicted octanol–water partition coefficient (Wildman–Crippen LogP) is 2.32. The summed E-state index contributed by atoms with van der Waals surface area (Å²) in [5.74, 6) is -2.23. The first-order valence-corrected chi connectivity index (χ1v) is 10.8. The van der Waals surface area contributed by atoms with Crippen molar-refractivity contribution in [1.82, 2.24) is 0 Å². The minimum atomic E-state index is -1.07. The number of fused-ring (bicyclic) bond motifs is 6. The molecule has 0 radical (unpaired) electrons. The summed E-state index contributed by atoms with van der Waals surface area (Å²) in [6.07, 6.45) is 0.630. The monoisotopic (exact) mass is 419 g/mol. The van der Waals surface area contributed by atoms with E-state index in [1.165, 1.54) is 0 Å². The Morgan fingerprint density at radius 1 is 1.13 bits per heavy atom. The molecular weight excluding hydrogens is 394 g/mol. The van der Waals surface area contributed by atoms with E-state index in [-0.39, 0.29) is 31.0 Å². The van der Waals surface area contributed by atoms with E-state index >= 15 is 0 Å². The minimum Gasteiger partial charge on any atom is -0.396 e. The van der Waals surface area contributed by atoms with Crippen LogP contribution in [0, 0.1) is 29.1 Å². The topological polar surface area (TPSA) is 108 Å². The molecule has 6 atom stereocenters. The molecule has 0 amide bonds. The standard InChI is InChI=1S/C25H25NO5/c1-24-19(28)12-25(31-24,10-11-27)21-20(24)22(29)18(23(21)30)9-8-14-6-7-15(13-26)17-5-3-2-4-16(14)17/h2-7,18-21,27-28H,8-12H2,1H3/t18?,19-,20?,21+,24?,25?/m0/s1. The van der Waals surface area contributed by atoms with Crippen molar-refractivity contribution >= 4 is 22.3 Å². The number of hydrogen-bond donors (Lipinski definition) is 2. The maximum Gasteiger partial charge on any atom is 0.150 e. The molecule has 3 aliphatic rings. The molecule has 160 valence electrons. The number of ketones is 2. The summed E-state index contributed by atoms with van der Waals surface area (Å²) >= 11 is 0. The molecule has 2 aromatic carbocycles. The summed E-state index contributed by atoms with van der Waals surface area (Å²) in [4.78, 5) is 26.7. The van der Waals surface area contributed by atoms with Gasteiger partial charge in [0.2, 0.25) is 0 Å². The Hall–Kier alpha value is -2.59. The van der Waals surface area contributed by atoms with Gasteiger partial charge in [0.1, 0.15) is 17.2 Å². The molecular formula is C25H25NO5. The van der Waals surface area contributed by atoms with Gasteiger partial charge < -0.3 is 14.9 Å². The largest absolute Gasteiger partial charge is 0.396 e. The number of nitrogens with zero attached hydrogens (tertiary/aromatic N) is 1. The van der Waals surface area contributed by atoms with Crippen LogP contribution >= 0.6 is 0 Å². The van der Waals surface area contributed by atoms with Gasteiger partial charge in [-0.2, -0.15) is 5.26 Å². The molecule has 0 spiro atoms. The third kappa shape index (κ3) is 2.67. The molecule has 2 bridgehead atoms. The number of aliphatic hydroxyl groups is 2. The van der Waals surface area contributed by atoms with Crippen molar-refractivity contribution in [2.45, 2.75) is 49.9 Å². The van der Waals surface area contributed by atoms with Crippen LogP contribution in [-0.2, 0) is 20.7 Å². The number of rotatable bonds is 5. The zero-order valence-electron chi connectivity index (χ0n) is 17.4. The number of ether oxygens (including phenoxy) is 1. The first-order valence-electron chi connectivity index (χ1n) is 10.8. The molecule has 3 fully saturated rings. The van der Waals surface area contributed by atoms with E-state index in [1.54, 1.807) is 13.0 Å². The highest BCUT2D eigenvalue weighted by Gasteiger charge is 2.76. The first-order chi connectivity index (χ1) is 14.9. The van der Waals surface area contributed by atoms with Crippen molar-refractivity contribution in [3.05, 3.63) is 47.5 Å². The number of Topliss-reactive ketones (excluding diaryl/α,β-unsaturated/α-hetero) is 2. The van der Waals surface area contributed by atoms with E-state index in [0.29, 0.717) is 18.4 Å². The summed E-state index contributed by atoms with van der Waals surface area (Å²) in [5, 5.41) is 31.3. The predicted molar refractivity (Wildman–Crippen MR) is 112 cm³/mol. The number of carbonyl (C=O) groups excluding carboxylic acids is 2. The second kappa shape index (κ2) is 6.96. The van der Waals surface area contributed by atoms with Gasteiger partial charge >= 0.3 is 0 Å². The van der Waals surface area contributed by atoms with Crippen LogP contribution in [0.15, 0.2) is 36.4 Å². The van der Waals surface area contributed by atoms with Crippen LogP contribution in [0.25, 0.3) is 10.8 Å². The van der Waals surface area contributed by atoms with E-state index in [4.69, 9.17) is 4.74 Å². The van der Waals surface area contributed by atoms with Crippen LogP contribution in [-0.4, -0.2) is 45.7 Å². The molecule has 2 saturated heterocycles. The minimum absolute atomic E-state index is 0.114. The fraction of sp³-hybridized carbons (Fsp3) is 0.480. The van der Waals surface area contributed by atoms with Crippen molar-refractivity contribution in [2.24, 2.45) is 17.8 Å². The van der Waals surface area contributed by atoms with Gasteiger partial charge in [0.05, 0.1) is 41.1 Å². The third-order valence-electron chi connectivity index (χ3n) is 7.81. The summed E-state index contributed by atoms with van der Waals surface area (Å²) in [6.45, 7) is 1.57. The number of hydrogen-bond acceptors (Lipinski definition) is 6. The molecule has 6 heteroatoms. The van der Waals surface area contributed by atoms with Crippen LogP contribution in [0.5, 0.6) is 0 Å². The van der Waals surface area contributed by atoms with Gasteiger partial charge in [0.25, 0.3) is 0 Å². The van der Waals surface area contributed by atoms with E-state index in [9.17, 15) is 25.1 Å². The lowest BCUT2D eigenvalue weighted by Gasteiger charge is -2.34. The highest BCUT2D eigenvalue weighted by atomic mass is 16.6. The van der Waals surface area contributed by atoms with Crippen LogP contribution in [0.1, 0.15) is 37.3 Å².